The Morgan fingerprint density at radius 2 is 0.778 bits per heavy atom. The molecule has 10 aromatic carbocycles. The Morgan fingerprint density at radius 3 is 1.46 bits per heavy atom. The fourth-order valence-electron chi connectivity index (χ4n) is 10.1. The van der Waals surface area contributed by atoms with Crippen LogP contribution in [0.25, 0.3) is 66.4 Å². The molecule has 0 amide bonds. The minimum absolute atomic E-state index is 0.511. The molecule has 1 aromatic heterocycles. The third kappa shape index (κ3) is 6.02. The second-order valence-corrected chi connectivity index (χ2v) is 16.4. The smallest absolute Gasteiger partial charge is 0.143 e. The number of hydrogen-bond acceptors (Lipinski definition) is 2. The van der Waals surface area contributed by atoms with Crippen molar-refractivity contribution in [2.45, 2.75) is 5.41 Å². The van der Waals surface area contributed by atoms with Crippen molar-refractivity contribution in [2.75, 3.05) is 4.90 Å². The lowest BCUT2D eigenvalue weighted by Gasteiger charge is -2.34. The summed E-state index contributed by atoms with van der Waals surface area (Å²) in [7, 11) is 0. The summed E-state index contributed by atoms with van der Waals surface area (Å²) in [4.78, 5) is 2.39. The van der Waals surface area contributed by atoms with Gasteiger partial charge in [0.25, 0.3) is 0 Å². The first-order valence-corrected chi connectivity index (χ1v) is 21.7. The van der Waals surface area contributed by atoms with Crippen LogP contribution in [0.15, 0.2) is 253 Å². The molecule has 0 radical (unpaired) electrons. The average molecular weight is 804 g/mol. The van der Waals surface area contributed by atoms with Gasteiger partial charge >= 0.3 is 0 Å². The number of hydrogen-bond donors (Lipinski definition) is 0. The van der Waals surface area contributed by atoms with Gasteiger partial charge in [0, 0.05) is 33.4 Å². The first-order chi connectivity index (χ1) is 31.2. The second kappa shape index (κ2) is 15.1. The van der Waals surface area contributed by atoms with E-state index in [9.17, 15) is 0 Å². The quantitative estimate of drug-likeness (QED) is 0.152. The third-order valence-electron chi connectivity index (χ3n) is 13.0. The number of nitrogens with zero attached hydrogens (tertiary/aromatic N) is 1. The van der Waals surface area contributed by atoms with Crippen LogP contribution >= 0.6 is 0 Å². The molecule has 0 saturated heterocycles. The predicted octanol–water partition coefficient (Wildman–Crippen LogP) is 16.4. The molecule has 63 heavy (non-hydrogen) atoms. The lowest BCUT2D eigenvalue weighted by Crippen LogP contribution is -2.28. The van der Waals surface area contributed by atoms with Crippen LogP contribution < -0.4 is 4.90 Å². The van der Waals surface area contributed by atoms with Crippen LogP contribution in [-0.4, -0.2) is 0 Å². The van der Waals surface area contributed by atoms with Crippen molar-refractivity contribution in [1.82, 2.24) is 0 Å². The SMILES string of the molecule is c1ccc(-c2ccc(N(c3ccc(-c4cccc5c4oc4ccccc45)cc3)c3ccc4c(c3)-c3ccccc3C4(c3ccccc3)c3ccc(-c4ccccc4)cc3)cc2)cc1. The highest BCUT2D eigenvalue weighted by atomic mass is 16.3. The monoisotopic (exact) mass is 803 g/mol. The average Bonchev–Trinajstić information content (AvgIpc) is 3.89. The van der Waals surface area contributed by atoms with E-state index >= 15 is 0 Å². The molecule has 0 saturated carbocycles. The largest absolute Gasteiger partial charge is 0.455 e. The van der Waals surface area contributed by atoms with Gasteiger partial charge in [0.2, 0.25) is 0 Å². The van der Waals surface area contributed by atoms with E-state index in [-0.39, 0.29) is 0 Å². The van der Waals surface area contributed by atoms with Crippen molar-refractivity contribution < 1.29 is 4.42 Å². The molecule has 11 aromatic rings. The van der Waals surface area contributed by atoms with Gasteiger partial charge in [-0.1, -0.05) is 206 Å². The fraction of sp³-hybridized carbons (Fsp3) is 0.0164. The normalized spacial score (nSPS) is 14.1. The Kier molecular flexibility index (Phi) is 8.76. The highest BCUT2D eigenvalue weighted by molar-refractivity contribution is 6.09. The Hall–Kier alpha value is -8.20. The van der Waals surface area contributed by atoms with Gasteiger partial charge in [0.05, 0.1) is 5.41 Å². The summed E-state index contributed by atoms with van der Waals surface area (Å²) < 4.78 is 6.47. The minimum Gasteiger partial charge on any atom is -0.455 e. The summed E-state index contributed by atoms with van der Waals surface area (Å²) in [5.41, 5.74) is 19.1. The summed E-state index contributed by atoms with van der Waals surface area (Å²) >= 11 is 0. The molecule has 2 nitrogen and oxygen atoms in total. The zero-order valence-corrected chi connectivity index (χ0v) is 34.5. The fourth-order valence-corrected chi connectivity index (χ4v) is 10.1. The molecule has 0 fully saturated rings. The van der Waals surface area contributed by atoms with E-state index in [0.29, 0.717) is 0 Å². The topological polar surface area (TPSA) is 16.4 Å². The molecular formula is C61H41NO. The Bertz CT molecular complexity index is 3410. The zero-order chi connectivity index (χ0) is 41.7. The predicted molar refractivity (Wildman–Crippen MR) is 262 cm³/mol. The van der Waals surface area contributed by atoms with Crippen molar-refractivity contribution in [3.63, 3.8) is 0 Å². The van der Waals surface area contributed by atoms with E-state index in [1.807, 2.05) is 12.1 Å². The number of rotatable bonds is 8. The van der Waals surface area contributed by atoms with Crippen molar-refractivity contribution in [2.24, 2.45) is 0 Å². The highest BCUT2D eigenvalue weighted by Gasteiger charge is 2.46. The molecule has 1 atom stereocenters. The minimum atomic E-state index is -0.511. The number of furan rings is 1. The van der Waals surface area contributed by atoms with Gasteiger partial charge in [0.15, 0.2) is 0 Å². The maximum atomic E-state index is 6.47. The van der Waals surface area contributed by atoms with E-state index in [2.05, 4.69) is 241 Å². The zero-order valence-electron chi connectivity index (χ0n) is 34.5. The van der Waals surface area contributed by atoms with Crippen LogP contribution in [0.2, 0.25) is 0 Å². The van der Waals surface area contributed by atoms with E-state index in [1.165, 1.54) is 55.6 Å². The summed E-state index contributed by atoms with van der Waals surface area (Å²) in [6.45, 7) is 0. The van der Waals surface area contributed by atoms with Crippen LogP contribution in [0, 0.1) is 0 Å². The second-order valence-electron chi connectivity index (χ2n) is 16.4. The lowest BCUT2D eigenvalue weighted by atomic mass is 9.67. The van der Waals surface area contributed by atoms with Crippen molar-refractivity contribution >= 4 is 39.0 Å². The van der Waals surface area contributed by atoms with E-state index in [1.54, 1.807) is 0 Å². The molecule has 1 heterocycles. The third-order valence-corrected chi connectivity index (χ3v) is 13.0. The maximum Gasteiger partial charge on any atom is 0.143 e. The summed E-state index contributed by atoms with van der Waals surface area (Å²) in [6.07, 6.45) is 0. The molecule has 0 N–H and O–H groups in total. The lowest BCUT2D eigenvalue weighted by molar-refractivity contribution is 0.670. The molecule has 1 unspecified atom stereocenters. The van der Waals surface area contributed by atoms with Crippen molar-refractivity contribution in [3.05, 3.63) is 271 Å². The Labute approximate surface area is 367 Å². The molecule has 12 rings (SSSR count). The Balaban J connectivity index is 1.02. The number of anilines is 3. The summed E-state index contributed by atoms with van der Waals surface area (Å²) in [5, 5.41) is 2.26. The first-order valence-electron chi connectivity index (χ1n) is 21.7. The van der Waals surface area contributed by atoms with Gasteiger partial charge in [-0.3, -0.25) is 0 Å². The molecule has 1 aliphatic rings. The summed E-state index contributed by atoms with van der Waals surface area (Å²) in [5.74, 6) is 0. The molecule has 0 spiro atoms. The van der Waals surface area contributed by atoms with Gasteiger partial charge in [-0.15, -0.1) is 0 Å². The van der Waals surface area contributed by atoms with Crippen molar-refractivity contribution in [3.8, 4) is 44.5 Å². The molecular weight excluding hydrogens is 763 g/mol. The maximum absolute atomic E-state index is 6.47. The van der Waals surface area contributed by atoms with Gasteiger partial charge in [0.1, 0.15) is 11.2 Å². The molecule has 1 aliphatic carbocycles. The van der Waals surface area contributed by atoms with Crippen LogP contribution in [0.1, 0.15) is 22.3 Å². The first kappa shape index (κ1) is 36.6. The van der Waals surface area contributed by atoms with Crippen molar-refractivity contribution in [1.29, 1.82) is 0 Å². The molecule has 0 bridgehead atoms. The Morgan fingerprint density at radius 1 is 0.302 bits per heavy atom. The van der Waals surface area contributed by atoms with Gasteiger partial charge in [-0.25, -0.2) is 0 Å². The van der Waals surface area contributed by atoms with Gasteiger partial charge in [-0.2, -0.15) is 0 Å². The van der Waals surface area contributed by atoms with E-state index < -0.39 is 5.41 Å². The molecule has 0 aliphatic heterocycles. The molecule has 2 heteroatoms. The van der Waals surface area contributed by atoms with Gasteiger partial charge < -0.3 is 9.32 Å². The summed E-state index contributed by atoms with van der Waals surface area (Å²) in [6, 6.07) is 90.2. The standard InChI is InChI=1S/C61H41NO/c1-4-15-42(16-5-1)44-27-33-48(34-28-44)61(47-19-8-3-9-20-47)57-25-12-10-21-53(57)56-41-51(39-40-58(56)61)62(49-35-29-45(30-36-49)43-17-6-2-7-18-43)50-37-31-46(32-38-50)52-23-14-24-55-54-22-11-13-26-59(54)63-60(52)55/h1-41H. The van der Waals surface area contributed by atoms with E-state index in [4.69, 9.17) is 4.42 Å². The van der Waals surface area contributed by atoms with Crippen LogP contribution in [0.4, 0.5) is 17.1 Å². The van der Waals surface area contributed by atoms with Crippen LogP contribution in [0.5, 0.6) is 0 Å². The number of para-hydroxylation sites is 2. The van der Waals surface area contributed by atoms with Gasteiger partial charge in [-0.05, 0) is 104 Å². The highest BCUT2D eigenvalue weighted by Crippen LogP contribution is 2.57. The number of fused-ring (bicyclic) bond motifs is 6. The van der Waals surface area contributed by atoms with E-state index in [0.717, 1.165) is 50.1 Å². The van der Waals surface area contributed by atoms with Crippen LogP contribution in [-0.2, 0) is 5.41 Å². The number of benzene rings is 10. The van der Waals surface area contributed by atoms with Crippen LogP contribution in [0.3, 0.4) is 0 Å². The molecule has 296 valence electrons.